The number of hydrogen-bond acceptors (Lipinski definition) is 5. The lowest BCUT2D eigenvalue weighted by Crippen LogP contribution is -2.58. The van der Waals surface area contributed by atoms with Crippen molar-refractivity contribution < 1.29 is 13.0 Å². The molecule has 196 valence electrons. The molecule has 0 amide bonds. The minimum atomic E-state index is -0.772. The smallest absolute Gasteiger partial charge is 0.0950 e. The lowest BCUT2D eigenvalue weighted by Gasteiger charge is -2.55. The van der Waals surface area contributed by atoms with Crippen molar-refractivity contribution in [1.29, 1.82) is 0 Å². The standard InChI is InChI=1S/C30H42N2O3S/c1-21-3-5-27(23-9-13-34-15-23)31-18-29(11-7-25(21)31)17-30(36(33)20-29)12-8-26-22(2)4-6-28(32(26)19-30)24-10-14-35-16-24/h9-10,13-16,21-22,25-28H,3-8,11-12,17-20H2,1-2H3/t21-,22-,25+,26+,27+,28+,29-,30-,36?/m1/s1. The fourth-order valence-electron chi connectivity index (χ4n) is 9.26. The van der Waals surface area contributed by atoms with Crippen LogP contribution in [0.2, 0.25) is 0 Å². The van der Waals surface area contributed by atoms with Gasteiger partial charge in [-0.15, -0.1) is 0 Å². The topological polar surface area (TPSA) is 49.8 Å². The average molecular weight is 511 g/mol. The summed E-state index contributed by atoms with van der Waals surface area (Å²) in [5.41, 5.74) is 2.84. The molecule has 1 unspecified atom stereocenters. The quantitative estimate of drug-likeness (QED) is 0.473. The first kappa shape index (κ1) is 23.7. The van der Waals surface area contributed by atoms with E-state index in [-0.39, 0.29) is 10.2 Å². The van der Waals surface area contributed by atoms with E-state index < -0.39 is 10.8 Å². The van der Waals surface area contributed by atoms with Crippen LogP contribution < -0.4 is 0 Å². The SMILES string of the molecule is C[C@@H]1CC[C@@H](c2ccoc2)N2C[C@]3(CC[C@@H]12)CS(=O)[C@]1(CC[C@H]2[C@H](C)CC[C@@H](c4ccoc4)N2C1)C3. The molecule has 2 spiro atoms. The van der Waals surface area contributed by atoms with Crippen LogP contribution in [-0.2, 0) is 10.8 Å². The molecule has 2 aromatic heterocycles. The monoisotopic (exact) mass is 510 g/mol. The van der Waals surface area contributed by atoms with Crippen molar-refractivity contribution in [3.05, 3.63) is 48.3 Å². The number of rotatable bonds is 2. The van der Waals surface area contributed by atoms with Gasteiger partial charge in [0.05, 0.1) is 29.8 Å². The summed E-state index contributed by atoms with van der Waals surface area (Å²) >= 11 is 0. The first-order valence-electron chi connectivity index (χ1n) is 14.4. The molecular weight excluding hydrogens is 468 g/mol. The Morgan fingerprint density at radius 1 is 0.806 bits per heavy atom. The van der Waals surface area contributed by atoms with Gasteiger partial charge in [0, 0.05) is 64.9 Å². The van der Waals surface area contributed by atoms with Crippen LogP contribution in [0.3, 0.4) is 0 Å². The molecular formula is C30H42N2O3S. The van der Waals surface area contributed by atoms with E-state index in [1.54, 1.807) is 0 Å². The summed E-state index contributed by atoms with van der Waals surface area (Å²) in [5, 5.41) is 0. The Balaban J connectivity index is 1.16. The molecule has 5 aliphatic rings. The van der Waals surface area contributed by atoms with Gasteiger partial charge >= 0.3 is 0 Å². The molecule has 5 nitrogen and oxygen atoms in total. The molecule has 7 rings (SSSR count). The van der Waals surface area contributed by atoms with Crippen LogP contribution in [0.5, 0.6) is 0 Å². The maximum Gasteiger partial charge on any atom is 0.0950 e. The maximum absolute atomic E-state index is 14.1. The minimum absolute atomic E-state index is 0.0467. The number of fused-ring (bicyclic) bond motifs is 2. The fourth-order valence-corrected chi connectivity index (χ4v) is 11.6. The van der Waals surface area contributed by atoms with Gasteiger partial charge in [0.25, 0.3) is 0 Å². The molecule has 0 radical (unpaired) electrons. The number of furan rings is 2. The Hall–Kier alpha value is -1.37. The summed E-state index contributed by atoms with van der Waals surface area (Å²) in [5.74, 6) is 2.36. The van der Waals surface area contributed by atoms with Crippen molar-refractivity contribution in [3.8, 4) is 0 Å². The van der Waals surface area contributed by atoms with Gasteiger partial charge in [-0.1, -0.05) is 13.8 Å². The molecule has 2 aromatic rings. The van der Waals surface area contributed by atoms with Crippen molar-refractivity contribution in [3.63, 3.8) is 0 Å². The van der Waals surface area contributed by atoms with Gasteiger partial charge in [-0.3, -0.25) is 14.0 Å². The van der Waals surface area contributed by atoms with Gasteiger partial charge in [-0.05, 0) is 87.2 Å². The minimum Gasteiger partial charge on any atom is -0.472 e. The van der Waals surface area contributed by atoms with Crippen LogP contribution >= 0.6 is 0 Å². The Morgan fingerprint density at radius 2 is 1.39 bits per heavy atom. The maximum atomic E-state index is 14.1. The van der Waals surface area contributed by atoms with Crippen LogP contribution in [0, 0.1) is 17.3 Å². The summed E-state index contributed by atoms with van der Waals surface area (Å²) in [6.45, 7) is 6.99. The van der Waals surface area contributed by atoms with E-state index in [1.165, 1.54) is 56.1 Å². The highest BCUT2D eigenvalue weighted by Gasteiger charge is 2.59. The zero-order valence-corrected chi connectivity index (χ0v) is 22.8. The number of piperidine rings is 4. The number of nitrogens with zero attached hydrogens (tertiary/aromatic N) is 2. The first-order valence-corrected chi connectivity index (χ1v) is 15.7. The zero-order valence-electron chi connectivity index (χ0n) is 21.9. The van der Waals surface area contributed by atoms with Crippen molar-refractivity contribution in [2.24, 2.45) is 17.3 Å². The van der Waals surface area contributed by atoms with Crippen molar-refractivity contribution in [1.82, 2.24) is 9.80 Å². The van der Waals surface area contributed by atoms with E-state index >= 15 is 0 Å². The molecule has 0 N–H and O–H groups in total. The van der Waals surface area contributed by atoms with E-state index in [0.717, 1.165) is 43.5 Å². The highest BCUT2D eigenvalue weighted by atomic mass is 32.2. The average Bonchev–Trinajstić information content (AvgIpc) is 3.63. The van der Waals surface area contributed by atoms with E-state index in [9.17, 15) is 4.21 Å². The molecule has 5 saturated heterocycles. The molecule has 36 heavy (non-hydrogen) atoms. The summed E-state index contributed by atoms with van der Waals surface area (Å²) in [4.78, 5) is 5.59. The van der Waals surface area contributed by atoms with Crippen LogP contribution in [0.1, 0.15) is 94.8 Å². The van der Waals surface area contributed by atoms with Gasteiger partial charge in [-0.25, -0.2) is 0 Å². The lowest BCUT2D eigenvalue weighted by molar-refractivity contribution is -0.0454. The molecule has 0 aromatic carbocycles. The third-order valence-electron chi connectivity index (χ3n) is 11.1. The predicted octanol–water partition coefficient (Wildman–Crippen LogP) is 6.32. The van der Waals surface area contributed by atoms with Crippen molar-refractivity contribution in [2.75, 3.05) is 18.8 Å². The lowest BCUT2D eigenvalue weighted by atomic mass is 9.67. The second-order valence-corrected chi connectivity index (χ2v) is 15.0. The second kappa shape index (κ2) is 8.84. The molecule has 0 aliphatic carbocycles. The van der Waals surface area contributed by atoms with E-state index in [1.807, 2.05) is 25.1 Å². The van der Waals surface area contributed by atoms with Gasteiger partial charge < -0.3 is 8.83 Å². The summed E-state index contributed by atoms with van der Waals surface area (Å²) in [6.07, 6.45) is 18.5. The first-order chi connectivity index (χ1) is 17.5. The van der Waals surface area contributed by atoms with Gasteiger partial charge in [0.1, 0.15) is 0 Å². The predicted molar refractivity (Wildman–Crippen MR) is 142 cm³/mol. The van der Waals surface area contributed by atoms with Crippen LogP contribution in [0.15, 0.2) is 46.0 Å². The van der Waals surface area contributed by atoms with E-state index in [0.29, 0.717) is 24.2 Å². The largest absolute Gasteiger partial charge is 0.472 e. The molecule has 7 heterocycles. The van der Waals surface area contributed by atoms with Crippen LogP contribution in [0.4, 0.5) is 0 Å². The number of hydrogen-bond donors (Lipinski definition) is 0. The second-order valence-electron chi connectivity index (χ2n) is 13.2. The Kier molecular flexibility index (Phi) is 5.83. The zero-order chi connectivity index (χ0) is 24.5. The van der Waals surface area contributed by atoms with Crippen molar-refractivity contribution >= 4 is 10.8 Å². The summed E-state index contributed by atoms with van der Waals surface area (Å²) in [7, 11) is -0.772. The highest BCUT2D eigenvalue weighted by Crippen LogP contribution is 2.56. The van der Waals surface area contributed by atoms with Gasteiger partial charge in [0.2, 0.25) is 0 Å². The van der Waals surface area contributed by atoms with E-state index in [2.05, 4.69) is 35.8 Å². The van der Waals surface area contributed by atoms with Crippen LogP contribution in [0.25, 0.3) is 0 Å². The Morgan fingerprint density at radius 3 is 1.97 bits per heavy atom. The molecule has 5 aliphatic heterocycles. The molecule has 5 fully saturated rings. The third kappa shape index (κ3) is 3.72. The van der Waals surface area contributed by atoms with Gasteiger partial charge in [0.15, 0.2) is 0 Å². The molecule has 9 atom stereocenters. The van der Waals surface area contributed by atoms with Crippen LogP contribution in [-0.4, -0.2) is 49.7 Å². The van der Waals surface area contributed by atoms with E-state index in [4.69, 9.17) is 8.83 Å². The highest BCUT2D eigenvalue weighted by molar-refractivity contribution is 7.86. The molecule has 0 bridgehead atoms. The normalized spacial score (nSPS) is 45.7. The third-order valence-corrected chi connectivity index (χ3v) is 13.4. The molecule has 6 heteroatoms. The fraction of sp³-hybridized carbons (Fsp3) is 0.733. The Labute approximate surface area is 218 Å². The van der Waals surface area contributed by atoms with Gasteiger partial charge in [-0.2, -0.15) is 0 Å². The van der Waals surface area contributed by atoms with Crippen molar-refractivity contribution in [2.45, 2.75) is 101 Å². The summed E-state index contributed by atoms with van der Waals surface area (Å²) < 4.78 is 25.1. The summed E-state index contributed by atoms with van der Waals surface area (Å²) in [6, 6.07) is 6.46. The molecule has 0 saturated carbocycles. The Bertz CT molecular complexity index is 1090.